The van der Waals surface area contributed by atoms with Crippen molar-refractivity contribution in [3.63, 3.8) is 0 Å². The lowest BCUT2D eigenvalue weighted by Crippen LogP contribution is -2.44. The molecule has 0 N–H and O–H groups in total. The molecule has 7 nitrogen and oxygen atoms in total. The van der Waals surface area contributed by atoms with Gasteiger partial charge in [0.15, 0.2) is 0 Å². The topological polar surface area (TPSA) is 75.5 Å². The molecule has 162 valence electrons. The highest BCUT2D eigenvalue weighted by atomic mass is 16.2. The lowest BCUT2D eigenvalue weighted by Gasteiger charge is -2.38. The fraction of sp³-hybridized carbons (Fsp3) is 0.500. The number of benzene rings is 1. The third-order valence-electron chi connectivity index (χ3n) is 7.21. The van der Waals surface area contributed by atoms with Crippen LogP contribution in [0.2, 0.25) is 0 Å². The number of nitrogens with zero attached hydrogens (tertiary/aromatic N) is 4. The molecule has 1 aromatic heterocycles. The second kappa shape index (κ2) is 7.62. The van der Waals surface area contributed by atoms with Crippen LogP contribution in [0.15, 0.2) is 35.1 Å². The first-order valence-electron chi connectivity index (χ1n) is 11.2. The van der Waals surface area contributed by atoms with Crippen LogP contribution in [0.1, 0.15) is 53.6 Å². The maximum atomic E-state index is 13.4. The van der Waals surface area contributed by atoms with E-state index in [4.69, 9.17) is 4.98 Å². The molecule has 0 radical (unpaired) electrons. The van der Waals surface area contributed by atoms with Gasteiger partial charge in [-0.25, -0.2) is 4.98 Å². The number of rotatable bonds is 2. The van der Waals surface area contributed by atoms with Gasteiger partial charge in [-0.3, -0.25) is 19.0 Å². The molecule has 1 spiro atoms. The van der Waals surface area contributed by atoms with Crippen molar-refractivity contribution in [1.29, 1.82) is 0 Å². The highest BCUT2D eigenvalue weighted by Gasteiger charge is 2.43. The fourth-order valence-corrected chi connectivity index (χ4v) is 5.31. The van der Waals surface area contributed by atoms with Crippen LogP contribution in [0.5, 0.6) is 0 Å². The van der Waals surface area contributed by atoms with Crippen molar-refractivity contribution in [2.45, 2.75) is 52.1 Å². The van der Waals surface area contributed by atoms with E-state index in [1.165, 1.54) is 0 Å². The van der Waals surface area contributed by atoms with Gasteiger partial charge in [-0.2, -0.15) is 0 Å². The van der Waals surface area contributed by atoms with Crippen LogP contribution in [0.4, 0.5) is 0 Å². The summed E-state index contributed by atoms with van der Waals surface area (Å²) in [6, 6.07) is 9.22. The molecule has 1 aromatic carbocycles. The third kappa shape index (κ3) is 3.46. The van der Waals surface area contributed by atoms with Gasteiger partial charge >= 0.3 is 0 Å². The van der Waals surface area contributed by atoms with Gasteiger partial charge in [-0.1, -0.05) is 25.1 Å². The zero-order valence-corrected chi connectivity index (χ0v) is 18.0. The SMILES string of the molecule is CCC(=O)N1CCC2(CC1)Cc1nc3c(c(=O)n1C2)CN(C(=O)c1ccccc1)CC3. The summed E-state index contributed by atoms with van der Waals surface area (Å²) >= 11 is 0. The van der Waals surface area contributed by atoms with E-state index < -0.39 is 0 Å². The first-order valence-corrected chi connectivity index (χ1v) is 11.2. The lowest BCUT2D eigenvalue weighted by atomic mass is 9.77. The van der Waals surface area contributed by atoms with Gasteiger partial charge in [0.05, 0.1) is 17.8 Å². The Morgan fingerprint density at radius 2 is 1.81 bits per heavy atom. The van der Waals surface area contributed by atoms with Crippen LogP contribution >= 0.6 is 0 Å². The first kappa shape index (κ1) is 20.0. The van der Waals surface area contributed by atoms with Gasteiger partial charge in [0.2, 0.25) is 5.91 Å². The molecule has 3 aliphatic rings. The first-order chi connectivity index (χ1) is 15.0. The van der Waals surface area contributed by atoms with E-state index in [9.17, 15) is 14.4 Å². The van der Waals surface area contributed by atoms with Gasteiger partial charge < -0.3 is 9.80 Å². The van der Waals surface area contributed by atoms with Gasteiger partial charge in [-0.05, 0) is 30.4 Å². The van der Waals surface area contributed by atoms with Crippen molar-refractivity contribution in [3.8, 4) is 0 Å². The van der Waals surface area contributed by atoms with Crippen molar-refractivity contribution in [1.82, 2.24) is 19.4 Å². The molecule has 1 saturated heterocycles. The normalized spacial score (nSPS) is 19.3. The number of piperidine rings is 1. The Kier molecular flexibility index (Phi) is 4.91. The van der Waals surface area contributed by atoms with Crippen LogP contribution in [0, 0.1) is 5.41 Å². The summed E-state index contributed by atoms with van der Waals surface area (Å²) < 4.78 is 1.84. The molecule has 2 aromatic rings. The average Bonchev–Trinajstić information content (AvgIpc) is 3.17. The molecule has 3 aliphatic heterocycles. The molecule has 7 heteroatoms. The predicted molar refractivity (Wildman–Crippen MR) is 116 cm³/mol. The van der Waals surface area contributed by atoms with Gasteiger partial charge in [0.25, 0.3) is 11.5 Å². The second-order valence-electron chi connectivity index (χ2n) is 9.10. The summed E-state index contributed by atoms with van der Waals surface area (Å²) in [7, 11) is 0. The number of hydrogen-bond donors (Lipinski definition) is 0. The minimum atomic E-state index is -0.0411. The molecular weight excluding hydrogens is 392 g/mol. The Balaban J connectivity index is 1.36. The minimum Gasteiger partial charge on any atom is -0.343 e. The Hall–Kier alpha value is -2.96. The molecule has 0 saturated carbocycles. The van der Waals surface area contributed by atoms with Crippen molar-refractivity contribution in [2.24, 2.45) is 5.41 Å². The molecule has 5 rings (SSSR count). The summed E-state index contributed by atoms with van der Waals surface area (Å²) in [5.41, 5.74) is 2.19. The monoisotopic (exact) mass is 420 g/mol. The predicted octanol–water partition coefficient (Wildman–Crippen LogP) is 2.02. The Bertz CT molecular complexity index is 1080. The smallest absolute Gasteiger partial charge is 0.258 e. The quantitative estimate of drug-likeness (QED) is 0.745. The number of carbonyl (C=O) groups excluding carboxylic acids is 2. The second-order valence-corrected chi connectivity index (χ2v) is 9.10. The van der Waals surface area contributed by atoms with Crippen LogP contribution in [-0.4, -0.2) is 50.8 Å². The van der Waals surface area contributed by atoms with E-state index in [-0.39, 0.29) is 22.8 Å². The van der Waals surface area contributed by atoms with E-state index >= 15 is 0 Å². The number of fused-ring (bicyclic) bond motifs is 2. The van der Waals surface area contributed by atoms with E-state index in [0.29, 0.717) is 43.6 Å². The average molecular weight is 421 g/mol. The summed E-state index contributed by atoms with van der Waals surface area (Å²) in [6.45, 7) is 4.99. The summed E-state index contributed by atoms with van der Waals surface area (Å²) in [4.78, 5) is 46.9. The van der Waals surface area contributed by atoms with E-state index in [0.717, 1.165) is 43.9 Å². The van der Waals surface area contributed by atoms with Crippen LogP contribution in [-0.2, 0) is 30.7 Å². The summed E-state index contributed by atoms with van der Waals surface area (Å²) in [6.07, 6.45) is 3.77. The van der Waals surface area contributed by atoms with Crippen LogP contribution in [0.25, 0.3) is 0 Å². The highest BCUT2D eigenvalue weighted by molar-refractivity contribution is 5.94. The minimum absolute atomic E-state index is 0.00880. The lowest BCUT2D eigenvalue weighted by molar-refractivity contribution is -0.133. The van der Waals surface area contributed by atoms with Crippen molar-refractivity contribution >= 4 is 11.8 Å². The maximum Gasteiger partial charge on any atom is 0.258 e. The number of aromatic nitrogens is 2. The molecular formula is C24H28N4O3. The molecule has 0 bridgehead atoms. The maximum absolute atomic E-state index is 13.4. The van der Waals surface area contributed by atoms with Crippen molar-refractivity contribution in [2.75, 3.05) is 19.6 Å². The zero-order valence-electron chi connectivity index (χ0n) is 18.0. The highest BCUT2D eigenvalue weighted by Crippen LogP contribution is 2.40. The van der Waals surface area contributed by atoms with Crippen LogP contribution < -0.4 is 5.56 Å². The Morgan fingerprint density at radius 1 is 1.06 bits per heavy atom. The number of amides is 2. The molecule has 2 amide bonds. The number of hydrogen-bond acceptors (Lipinski definition) is 4. The van der Waals surface area contributed by atoms with Gasteiger partial charge in [0.1, 0.15) is 5.82 Å². The fourth-order valence-electron chi connectivity index (χ4n) is 5.31. The largest absolute Gasteiger partial charge is 0.343 e. The number of carbonyl (C=O) groups is 2. The van der Waals surface area contributed by atoms with E-state index in [1.807, 2.05) is 46.7 Å². The standard InChI is InChI=1S/C24H28N4O3/c1-2-21(29)26-12-9-24(10-13-26)14-20-25-19-8-11-27(15-18(19)23(31)28(20)16-24)22(30)17-6-4-3-5-7-17/h3-7H,2,8-16H2,1H3. The van der Waals surface area contributed by atoms with E-state index in [1.54, 1.807) is 4.90 Å². The molecule has 0 aliphatic carbocycles. The molecule has 31 heavy (non-hydrogen) atoms. The number of likely N-dealkylation sites (tertiary alicyclic amines) is 1. The molecule has 0 unspecified atom stereocenters. The zero-order chi connectivity index (χ0) is 21.6. The molecule has 0 atom stereocenters. The third-order valence-corrected chi connectivity index (χ3v) is 7.21. The van der Waals surface area contributed by atoms with Crippen molar-refractivity contribution in [3.05, 3.63) is 63.3 Å². The summed E-state index contributed by atoms with van der Waals surface area (Å²) in [5, 5.41) is 0. The molecule has 1 fully saturated rings. The van der Waals surface area contributed by atoms with Crippen LogP contribution in [0.3, 0.4) is 0 Å². The Labute approximate surface area is 181 Å². The van der Waals surface area contributed by atoms with Crippen molar-refractivity contribution < 1.29 is 9.59 Å². The van der Waals surface area contributed by atoms with E-state index in [2.05, 4.69) is 0 Å². The van der Waals surface area contributed by atoms with Gasteiger partial charge in [0, 0.05) is 51.0 Å². The Morgan fingerprint density at radius 3 is 2.52 bits per heavy atom. The summed E-state index contributed by atoms with van der Waals surface area (Å²) in [5.74, 6) is 1.04. The van der Waals surface area contributed by atoms with Gasteiger partial charge in [-0.15, -0.1) is 0 Å². The molecule has 4 heterocycles.